The standard InChI is InChI=1S/C16H26N2O/c19-16(14-6-1-2-7-17-14)18-15-9-10-8-13(15)12-5-3-4-11(10)12/h10-15,17H,1-9H2,(H,18,19)/t10?,11?,12?,13?,14-,15?/m1/s1. The van der Waals surface area contributed by atoms with Crippen molar-refractivity contribution in [3.63, 3.8) is 0 Å². The first kappa shape index (κ1) is 12.2. The van der Waals surface area contributed by atoms with Gasteiger partial charge in [0.1, 0.15) is 0 Å². The number of carbonyl (C=O) groups is 1. The molecule has 0 aromatic rings. The molecular formula is C16H26N2O. The molecule has 4 aliphatic rings. The molecule has 1 saturated heterocycles. The van der Waals surface area contributed by atoms with E-state index in [1.54, 1.807) is 0 Å². The number of carbonyl (C=O) groups excluding carboxylic acids is 1. The van der Waals surface area contributed by atoms with Crippen LogP contribution in [0.5, 0.6) is 0 Å². The molecule has 0 aromatic carbocycles. The topological polar surface area (TPSA) is 41.1 Å². The van der Waals surface area contributed by atoms with Crippen LogP contribution in [0.1, 0.15) is 51.4 Å². The van der Waals surface area contributed by atoms with Gasteiger partial charge < -0.3 is 10.6 Å². The molecule has 3 heteroatoms. The third-order valence-corrected chi connectivity index (χ3v) is 6.38. The Morgan fingerprint density at radius 1 is 0.947 bits per heavy atom. The van der Waals surface area contributed by atoms with Gasteiger partial charge in [0.05, 0.1) is 6.04 Å². The van der Waals surface area contributed by atoms with Crippen LogP contribution in [-0.4, -0.2) is 24.5 Å². The third kappa shape index (κ3) is 2.01. The summed E-state index contributed by atoms with van der Waals surface area (Å²) in [6.07, 6.45) is 10.5. The summed E-state index contributed by atoms with van der Waals surface area (Å²) in [6, 6.07) is 0.591. The molecule has 3 saturated carbocycles. The Labute approximate surface area is 115 Å². The van der Waals surface area contributed by atoms with Crippen LogP contribution in [0.15, 0.2) is 0 Å². The van der Waals surface area contributed by atoms with Crippen LogP contribution in [0, 0.1) is 23.7 Å². The summed E-state index contributed by atoms with van der Waals surface area (Å²) in [5.41, 5.74) is 0. The lowest BCUT2D eigenvalue weighted by Gasteiger charge is -2.33. The molecule has 19 heavy (non-hydrogen) atoms. The zero-order chi connectivity index (χ0) is 12.8. The number of rotatable bonds is 2. The van der Waals surface area contributed by atoms with E-state index < -0.39 is 0 Å². The van der Waals surface area contributed by atoms with E-state index in [0.717, 1.165) is 36.6 Å². The van der Waals surface area contributed by atoms with E-state index in [1.807, 2.05) is 0 Å². The van der Waals surface area contributed by atoms with Crippen molar-refractivity contribution in [2.45, 2.75) is 63.5 Å². The van der Waals surface area contributed by atoms with Crippen molar-refractivity contribution in [2.24, 2.45) is 23.7 Å². The Morgan fingerprint density at radius 3 is 2.68 bits per heavy atom. The van der Waals surface area contributed by atoms with Crippen molar-refractivity contribution in [3.8, 4) is 0 Å². The fourth-order valence-electron chi connectivity index (χ4n) is 5.59. The lowest BCUT2D eigenvalue weighted by atomic mass is 9.79. The van der Waals surface area contributed by atoms with Gasteiger partial charge in [-0.1, -0.05) is 12.8 Å². The molecule has 1 amide bonds. The Bertz CT molecular complexity index is 364. The Balaban J connectivity index is 1.37. The van der Waals surface area contributed by atoms with E-state index in [9.17, 15) is 4.79 Å². The quantitative estimate of drug-likeness (QED) is 0.800. The predicted molar refractivity (Wildman–Crippen MR) is 74.6 cm³/mol. The minimum absolute atomic E-state index is 0.0900. The normalized spacial score (nSPS) is 48.2. The lowest BCUT2D eigenvalue weighted by molar-refractivity contribution is -0.124. The first-order valence-corrected chi connectivity index (χ1v) is 8.36. The van der Waals surface area contributed by atoms with Crippen LogP contribution in [0.3, 0.4) is 0 Å². The number of hydrogen-bond donors (Lipinski definition) is 2. The highest BCUT2D eigenvalue weighted by Crippen LogP contribution is 2.58. The van der Waals surface area contributed by atoms with Crippen molar-refractivity contribution >= 4 is 5.91 Å². The van der Waals surface area contributed by atoms with E-state index in [2.05, 4.69) is 10.6 Å². The smallest absolute Gasteiger partial charge is 0.237 e. The molecule has 3 nitrogen and oxygen atoms in total. The third-order valence-electron chi connectivity index (χ3n) is 6.38. The number of fused-ring (bicyclic) bond motifs is 5. The molecule has 6 atom stereocenters. The molecule has 2 N–H and O–H groups in total. The average molecular weight is 262 g/mol. The molecule has 106 valence electrons. The molecule has 4 rings (SSSR count). The van der Waals surface area contributed by atoms with Gasteiger partial charge in [0.25, 0.3) is 0 Å². The summed E-state index contributed by atoms with van der Waals surface area (Å²) in [4.78, 5) is 12.3. The molecule has 2 bridgehead atoms. The molecule has 4 fully saturated rings. The van der Waals surface area contributed by atoms with Crippen molar-refractivity contribution < 1.29 is 4.79 Å². The second-order valence-electron chi connectivity index (χ2n) is 7.27. The summed E-state index contributed by atoms with van der Waals surface area (Å²) < 4.78 is 0. The first-order valence-electron chi connectivity index (χ1n) is 8.36. The zero-order valence-corrected chi connectivity index (χ0v) is 11.7. The van der Waals surface area contributed by atoms with Crippen molar-refractivity contribution in [2.75, 3.05) is 6.54 Å². The summed E-state index contributed by atoms with van der Waals surface area (Å²) in [7, 11) is 0. The van der Waals surface area contributed by atoms with E-state index in [0.29, 0.717) is 6.04 Å². The highest BCUT2D eigenvalue weighted by Gasteiger charge is 2.54. The fourth-order valence-corrected chi connectivity index (χ4v) is 5.59. The Hall–Kier alpha value is -0.570. The molecule has 3 aliphatic carbocycles. The second kappa shape index (κ2) is 4.76. The number of hydrogen-bond acceptors (Lipinski definition) is 2. The van der Waals surface area contributed by atoms with Gasteiger partial charge in [0.15, 0.2) is 0 Å². The first-order chi connectivity index (χ1) is 9.33. The van der Waals surface area contributed by atoms with Crippen molar-refractivity contribution in [1.29, 1.82) is 0 Å². The van der Waals surface area contributed by atoms with Gasteiger partial charge in [-0.15, -0.1) is 0 Å². The molecule has 1 aliphatic heterocycles. The van der Waals surface area contributed by atoms with Crippen LogP contribution in [0.2, 0.25) is 0 Å². The van der Waals surface area contributed by atoms with Crippen LogP contribution < -0.4 is 10.6 Å². The van der Waals surface area contributed by atoms with E-state index >= 15 is 0 Å². The zero-order valence-electron chi connectivity index (χ0n) is 11.7. The summed E-state index contributed by atoms with van der Waals surface area (Å²) in [5, 5.41) is 6.76. The van der Waals surface area contributed by atoms with Gasteiger partial charge in [-0.3, -0.25) is 4.79 Å². The van der Waals surface area contributed by atoms with E-state index in [4.69, 9.17) is 0 Å². The van der Waals surface area contributed by atoms with Gasteiger partial charge in [-0.05, 0) is 68.7 Å². The molecule has 1 heterocycles. The van der Waals surface area contributed by atoms with Gasteiger partial charge in [0.2, 0.25) is 5.91 Å². The molecule has 0 aromatic heterocycles. The minimum atomic E-state index is 0.0900. The highest BCUT2D eigenvalue weighted by atomic mass is 16.2. The molecule has 0 radical (unpaired) electrons. The Morgan fingerprint density at radius 2 is 1.84 bits per heavy atom. The van der Waals surface area contributed by atoms with Crippen LogP contribution >= 0.6 is 0 Å². The molecule has 5 unspecified atom stereocenters. The summed E-state index contributed by atoms with van der Waals surface area (Å²) in [6.45, 7) is 1.01. The van der Waals surface area contributed by atoms with Crippen molar-refractivity contribution in [3.05, 3.63) is 0 Å². The predicted octanol–water partition coefficient (Wildman–Crippen LogP) is 2.07. The number of amides is 1. The average Bonchev–Trinajstić information content (AvgIpc) is 3.11. The molecule has 0 spiro atoms. The van der Waals surface area contributed by atoms with E-state index in [-0.39, 0.29) is 11.9 Å². The van der Waals surface area contributed by atoms with Crippen LogP contribution in [0.4, 0.5) is 0 Å². The number of nitrogens with one attached hydrogen (secondary N) is 2. The van der Waals surface area contributed by atoms with Crippen LogP contribution in [-0.2, 0) is 4.79 Å². The maximum absolute atomic E-state index is 12.3. The highest BCUT2D eigenvalue weighted by molar-refractivity contribution is 5.82. The number of piperidine rings is 1. The lowest BCUT2D eigenvalue weighted by Crippen LogP contribution is -2.51. The summed E-state index contributed by atoms with van der Waals surface area (Å²) in [5.74, 6) is 3.99. The largest absolute Gasteiger partial charge is 0.352 e. The maximum Gasteiger partial charge on any atom is 0.237 e. The monoisotopic (exact) mass is 262 g/mol. The summed E-state index contributed by atoms with van der Waals surface area (Å²) >= 11 is 0. The van der Waals surface area contributed by atoms with Crippen LogP contribution in [0.25, 0.3) is 0 Å². The van der Waals surface area contributed by atoms with Crippen molar-refractivity contribution in [1.82, 2.24) is 10.6 Å². The van der Waals surface area contributed by atoms with E-state index in [1.165, 1.54) is 44.9 Å². The Kier molecular flexibility index (Phi) is 3.06. The fraction of sp³-hybridized carbons (Fsp3) is 0.938. The van der Waals surface area contributed by atoms with Gasteiger partial charge in [0, 0.05) is 6.04 Å². The second-order valence-corrected chi connectivity index (χ2v) is 7.27. The van der Waals surface area contributed by atoms with Gasteiger partial charge in [-0.25, -0.2) is 0 Å². The van der Waals surface area contributed by atoms with Gasteiger partial charge in [-0.2, -0.15) is 0 Å². The van der Waals surface area contributed by atoms with Gasteiger partial charge >= 0.3 is 0 Å². The maximum atomic E-state index is 12.3. The molecular weight excluding hydrogens is 236 g/mol. The SMILES string of the molecule is O=C(NC1CC2CC1C1CCCC21)[C@H]1CCCCN1. The minimum Gasteiger partial charge on any atom is -0.352 e.